The highest BCUT2D eigenvalue weighted by molar-refractivity contribution is 6.24. The number of aryl methyl sites for hydroxylation is 1. The van der Waals surface area contributed by atoms with Gasteiger partial charge in [-0.25, -0.2) is 9.69 Å². The van der Waals surface area contributed by atoms with Gasteiger partial charge in [0.15, 0.2) is 0 Å². The summed E-state index contributed by atoms with van der Waals surface area (Å²) in [6.07, 6.45) is 1.07. The van der Waals surface area contributed by atoms with Gasteiger partial charge in [-0.2, -0.15) is 0 Å². The molecule has 1 fully saturated rings. The molecule has 4 amide bonds. The number of nitrogens with one attached hydrogen (secondary N) is 2. The summed E-state index contributed by atoms with van der Waals surface area (Å²) in [6.45, 7) is 2.46. The van der Waals surface area contributed by atoms with Gasteiger partial charge in [0.25, 0.3) is 11.8 Å². The first-order chi connectivity index (χ1) is 20.5. The van der Waals surface area contributed by atoms with E-state index in [2.05, 4.69) is 16.4 Å². The molecule has 1 unspecified atom stereocenters. The van der Waals surface area contributed by atoms with Gasteiger partial charge < -0.3 is 10.3 Å². The summed E-state index contributed by atoms with van der Waals surface area (Å²) in [6, 6.07) is 31.3. The van der Waals surface area contributed by atoms with Crippen LogP contribution < -0.4 is 10.2 Å². The van der Waals surface area contributed by atoms with Gasteiger partial charge in [-0.1, -0.05) is 90.5 Å². The number of imide groups is 1. The zero-order chi connectivity index (χ0) is 28.8. The van der Waals surface area contributed by atoms with Crippen molar-refractivity contribution in [3.63, 3.8) is 0 Å². The second kappa shape index (κ2) is 10.3. The van der Waals surface area contributed by atoms with E-state index < -0.39 is 18.1 Å². The highest BCUT2D eigenvalue weighted by Crippen LogP contribution is 2.45. The summed E-state index contributed by atoms with van der Waals surface area (Å²) in [7, 11) is 0. The molecular weight excluding hydrogens is 524 g/mol. The van der Waals surface area contributed by atoms with Crippen LogP contribution in [0, 0.1) is 6.92 Å². The van der Waals surface area contributed by atoms with E-state index in [9.17, 15) is 14.4 Å². The molecule has 0 aliphatic carbocycles. The molecule has 2 aliphatic rings. The fourth-order valence-corrected chi connectivity index (χ4v) is 6.31. The summed E-state index contributed by atoms with van der Waals surface area (Å²) in [5, 5.41) is 4.02. The summed E-state index contributed by atoms with van der Waals surface area (Å²) < 4.78 is 0. The number of aromatic amines is 1. The van der Waals surface area contributed by atoms with Crippen molar-refractivity contribution in [3.8, 4) is 0 Å². The molecule has 7 nitrogen and oxygen atoms in total. The van der Waals surface area contributed by atoms with Gasteiger partial charge in [-0.15, -0.1) is 0 Å². The maximum Gasteiger partial charge on any atom is 0.332 e. The maximum absolute atomic E-state index is 14.3. The number of aromatic nitrogens is 1. The third kappa shape index (κ3) is 4.25. The molecule has 2 atom stereocenters. The zero-order valence-corrected chi connectivity index (χ0v) is 23.2. The number of rotatable bonds is 6. The molecule has 2 N–H and O–H groups in total. The Morgan fingerprint density at radius 3 is 2.40 bits per heavy atom. The number of para-hydroxylation sites is 2. The highest BCUT2D eigenvalue weighted by atomic mass is 16.2. The number of urea groups is 1. The predicted molar refractivity (Wildman–Crippen MR) is 162 cm³/mol. The van der Waals surface area contributed by atoms with E-state index in [0.717, 1.165) is 38.9 Å². The lowest BCUT2D eigenvalue weighted by Crippen LogP contribution is -2.44. The number of carbonyl (C=O) groups excluding carboxylic acids is 3. The molecule has 0 radical (unpaired) electrons. The Morgan fingerprint density at radius 2 is 1.60 bits per heavy atom. The lowest BCUT2D eigenvalue weighted by atomic mass is 9.88. The Balaban J connectivity index is 1.25. The fraction of sp³-hybridized carbons (Fsp3) is 0.171. The van der Waals surface area contributed by atoms with Crippen molar-refractivity contribution in [2.24, 2.45) is 0 Å². The number of hydrogen-bond acceptors (Lipinski definition) is 3. The van der Waals surface area contributed by atoms with Crippen molar-refractivity contribution in [1.82, 2.24) is 15.2 Å². The number of nitrogens with zero attached hydrogens (tertiary/aromatic N) is 2. The summed E-state index contributed by atoms with van der Waals surface area (Å²) in [5.41, 5.74) is 6.70. The van der Waals surface area contributed by atoms with E-state index in [0.29, 0.717) is 30.6 Å². The molecule has 2 aliphatic heterocycles. The third-order valence-corrected chi connectivity index (χ3v) is 8.37. The van der Waals surface area contributed by atoms with Crippen LogP contribution in [0.2, 0.25) is 0 Å². The normalized spacial score (nSPS) is 17.8. The highest BCUT2D eigenvalue weighted by Gasteiger charge is 2.53. The molecule has 42 heavy (non-hydrogen) atoms. The average Bonchev–Trinajstić information content (AvgIpc) is 3.51. The lowest BCUT2D eigenvalue weighted by molar-refractivity contribution is -0.120. The summed E-state index contributed by atoms with van der Waals surface area (Å²) in [5.74, 6) is -0.643. The van der Waals surface area contributed by atoms with Gasteiger partial charge in [0.05, 0.1) is 11.3 Å². The quantitative estimate of drug-likeness (QED) is 0.255. The molecule has 7 rings (SSSR count). The largest absolute Gasteiger partial charge is 0.356 e. The van der Waals surface area contributed by atoms with Crippen LogP contribution in [0.4, 0.5) is 10.5 Å². The number of amides is 4. The van der Waals surface area contributed by atoms with Crippen LogP contribution in [0.15, 0.2) is 103 Å². The first kappa shape index (κ1) is 25.8. The Morgan fingerprint density at radius 1 is 0.881 bits per heavy atom. The molecule has 5 aromatic rings. The first-order valence-corrected chi connectivity index (χ1v) is 14.2. The van der Waals surface area contributed by atoms with Crippen LogP contribution in [-0.2, 0) is 17.6 Å². The molecule has 1 aromatic heterocycles. The Labute approximate surface area is 243 Å². The van der Waals surface area contributed by atoms with Crippen molar-refractivity contribution < 1.29 is 14.4 Å². The molecular formula is C35H30N4O3. The fourth-order valence-electron chi connectivity index (χ4n) is 6.31. The zero-order valence-electron chi connectivity index (χ0n) is 23.2. The van der Waals surface area contributed by atoms with E-state index >= 15 is 0 Å². The number of hydrogen-bond donors (Lipinski definition) is 2. The van der Waals surface area contributed by atoms with E-state index in [4.69, 9.17) is 0 Å². The molecule has 0 bridgehead atoms. The molecule has 4 aromatic carbocycles. The minimum absolute atomic E-state index is 0.294. The van der Waals surface area contributed by atoms with Crippen molar-refractivity contribution in [2.75, 3.05) is 11.4 Å². The number of H-pyrrole nitrogens is 1. The molecule has 0 saturated carbocycles. The molecule has 1 saturated heterocycles. The van der Waals surface area contributed by atoms with Crippen molar-refractivity contribution in [2.45, 2.75) is 31.8 Å². The van der Waals surface area contributed by atoms with Crippen LogP contribution in [0.5, 0.6) is 0 Å². The smallest absolute Gasteiger partial charge is 0.332 e. The Hall–Kier alpha value is -5.17. The van der Waals surface area contributed by atoms with Crippen LogP contribution in [0.3, 0.4) is 0 Å². The number of anilines is 1. The van der Waals surface area contributed by atoms with E-state index in [1.165, 1.54) is 4.90 Å². The molecule has 0 spiro atoms. The van der Waals surface area contributed by atoms with Crippen molar-refractivity contribution in [1.29, 1.82) is 0 Å². The SMILES string of the molecule is Cc1ccc(C2c3[nH]c4ccccc4c3C[C@H]3C(=O)N(c4ccccc4C(=O)NCCc4ccccc4)C(=O)N23)cc1. The lowest BCUT2D eigenvalue weighted by Gasteiger charge is -2.36. The number of carbonyl (C=O) groups is 3. The average molecular weight is 555 g/mol. The van der Waals surface area contributed by atoms with Gasteiger partial charge >= 0.3 is 6.03 Å². The van der Waals surface area contributed by atoms with Crippen LogP contribution in [-0.4, -0.2) is 40.3 Å². The van der Waals surface area contributed by atoms with Crippen molar-refractivity contribution in [3.05, 3.63) is 137 Å². The van der Waals surface area contributed by atoms with E-state index in [-0.39, 0.29) is 11.8 Å². The second-order valence-electron chi connectivity index (χ2n) is 11.0. The molecule has 208 valence electrons. The van der Waals surface area contributed by atoms with Crippen LogP contribution in [0.25, 0.3) is 10.9 Å². The molecule has 7 heteroatoms. The van der Waals surface area contributed by atoms with E-state index in [1.54, 1.807) is 29.2 Å². The maximum atomic E-state index is 14.3. The minimum atomic E-state index is -0.690. The second-order valence-corrected chi connectivity index (χ2v) is 11.0. The number of benzene rings is 4. The predicted octanol–water partition coefficient (Wildman–Crippen LogP) is 5.93. The van der Waals surface area contributed by atoms with Gasteiger partial charge in [0.2, 0.25) is 0 Å². The van der Waals surface area contributed by atoms with Gasteiger partial charge in [-0.3, -0.25) is 14.5 Å². The van der Waals surface area contributed by atoms with E-state index in [1.807, 2.05) is 79.7 Å². The first-order valence-electron chi connectivity index (χ1n) is 14.2. The Bertz CT molecular complexity index is 1830. The monoisotopic (exact) mass is 554 g/mol. The Kier molecular flexibility index (Phi) is 6.35. The summed E-state index contributed by atoms with van der Waals surface area (Å²) >= 11 is 0. The van der Waals surface area contributed by atoms with Gasteiger partial charge in [0, 0.05) is 29.6 Å². The van der Waals surface area contributed by atoms with Crippen LogP contribution >= 0.6 is 0 Å². The summed E-state index contributed by atoms with van der Waals surface area (Å²) in [4.78, 5) is 48.2. The van der Waals surface area contributed by atoms with Gasteiger partial charge in [-0.05, 0) is 48.2 Å². The third-order valence-electron chi connectivity index (χ3n) is 8.37. The number of fused-ring (bicyclic) bond motifs is 4. The standard InChI is InChI=1S/C35H30N4O3/c1-22-15-17-24(18-16-22)32-31-27(25-11-5-7-13-28(25)37-31)21-30-34(41)39(35(42)38(30)32)29-14-8-6-12-26(29)33(40)36-20-19-23-9-3-2-4-10-23/h2-18,30,32,37H,19-21H2,1H3,(H,36,40)/t30-,32?/m0/s1. The van der Waals surface area contributed by atoms with Gasteiger partial charge in [0.1, 0.15) is 12.1 Å². The van der Waals surface area contributed by atoms with Crippen molar-refractivity contribution >= 4 is 34.4 Å². The van der Waals surface area contributed by atoms with Crippen LogP contribution in [0.1, 0.15) is 44.3 Å². The molecule has 3 heterocycles. The topological polar surface area (TPSA) is 85.5 Å². The minimum Gasteiger partial charge on any atom is -0.356 e.